The maximum atomic E-state index is 11.4. The normalized spacial score (nSPS) is 21.1. The van der Waals surface area contributed by atoms with Crippen molar-refractivity contribution in [2.45, 2.75) is 52.2 Å². The summed E-state index contributed by atoms with van der Waals surface area (Å²) >= 11 is 0. The molecule has 1 saturated carbocycles. The van der Waals surface area contributed by atoms with E-state index >= 15 is 0 Å². The van der Waals surface area contributed by atoms with E-state index in [0.29, 0.717) is 13.0 Å². The zero-order valence-corrected chi connectivity index (χ0v) is 11.2. The van der Waals surface area contributed by atoms with Crippen LogP contribution in [0.2, 0.25) is 0 Å². The third kappa shape index (κ3) is 5.21. The number of alkyl carbamates (subject to hydrolysis) is 1. The molecule has 0 saturated heterocycles. The van der Waals surface area contributed by atoms with E-state index in [9.17, 15) is 9.59 Å². The molecule has 1 unspecified atom stereocenters. The molecule has 18 heavy (non-hydrogen) atoms. The molecule has 1 N–H and O–H groups in total. The van der Waals surface area contributed by atoms with Crippen molar-refractivity contribution < 1.29 is 19.1 Å². The maximum Gasteiger partial charge on any atom is 0.407 e. The summed E-state index contributed by atoms with van der Waals surface area (Å²) in [6.45, 7) is 5.77. The molecule has 1 amide bonds. The van der Waals surface area contributed by atoms with Gasteiger partial charge in [0.2, 0.25) is 0 Å². The number of nitrogens with one attached hydrogen (secondary N) is 1. The summed E-state index contributed by atoms with van der Waals surface area (Å²) in [5, 5.41) is 2.79. The molecule has 0 aromatic rings. The largest absolute Gasteiger partial charge is 0.463 e. The Hall–Kier alpha value is -1.52. The fourth-order valence-corrected chi connectivity index (χ4v) is 1.90. The molecule has 0 spiro atoms. The van der Waals surface area contributed by atoms with E-state index in [1.54, 1.807) is 20.8 Å². The lowest BCUT2D eigenvalue weighted by Crippen LogP contribution is -2.34. The Kier molecular flexibility index (Phi) is 5.68. The summed E-state index contributed by atoms with van der Waals surface area (Å²) in [6, 6.07) is 0.0527. The van der Waals surface area contributed by atoms with Crippen molar-refractivity contribution in [3.05, 3.63) is 11.6 Å². The molecule has 0 radical (unpaired) electrons. The maximum absolute atomic E-state index is 11.4. The Balaban J connectivity index is 2.37. The fraction of sp³-hybridized carbons (Fsp3) is 0.692. The van der Waals surface area contributed by atoms with Gasteiger partial charge in [-0.25, -0.2) is 9.59 Å². The molecule has 5 nitrogen and oxygen atoms in total. The van der Waals surface area contributed by atoms with E-state index in [4.69, 9.17) is 9.47 Å². The number of carbonyl (C=O) groups is 2. The predicted octanol–water partition coefficient (Wildman–Crippen LogP) is 2.16. The number of carbonyl (C=O) groups excluding carboxylic acids is 2. The molecule has 0 bridgehead atoms. The van der Waals surface area contributed by atoms with Gasteiger partial charge in [0.1, 0.15) is 0 Å². The topological polar surface area (TPSA) is 64.6 Å². The standard InChI is InChI=1S/C13H21NO4/c1-4-17-12(15)8-10-5-6-11(7-10)14-13(16)18-9(2)3/h8-9,11H,4-7H2,1-3H3,(H,14,16)/b10-8-. The highest BCUT2D eigenvalue weighted by Crippen LogP contribution is 2.24. The van der Waals surface area contributed by atoms with Gasteiger partial charge < -0.3 is 14.8 Å². The van der Waals surface area contributed by atoms with Gasteiger partial charge in [0.25, 0.3) is 0 Å². The second-order valence-electron chi connectivity index (χ2n) is 4.59. The summed E-state index contributed by atoms with van der Waals surface area (Å²) in [5.41, 5.74) is 1.02. The molecule has 5 heteroatoms. The van der Waals surface area contributed by atoms with Crippen LogP contribution in [0.4, 0.5) is 4.79 Å². The van der Waals surface area contributed by atoms with Crippen molar-refractivity contribution >= 4 is 12.1 Å². The highest BCUT2D eigenvalue weighted by Gasteiger charge is 2.22. The van der Waals surface area contributed by atoms with E-state index in [0.717, 1.165) is 18.4 Å². The van der Waals surface area contributed by atoms with Crippen LogP contribution < -0.4 is 5.32 Å². The van der Waals surface area contributed by atoms with Crippen molar-refractivity contribution in [3.63, 3.8) is 0 Å². The Morgan fingerprint density at radius 2 is 2.22 bits per heavy atom. The minimum absolute atomic E-state index is 0.0527. The lowest BCUT2D eigenvalue weighted by atomic mass is 10.2. The Bertz CT molecular complexity index is 336. The highest BCUT2D eigenvalue weighted by atomic mass is 16.6. The first-order valence-corrected chi connectivity index (χ1v) is 6.34. The molecular weight excluding hydrogens is 234 g/mol. The van der Waals surface area contributed by atoms with Gasteiger partial charge in [-0.15, -0.1) is 0 Å². The first kappa shape index (κ1) is 14.5. The minimum Gasteiger partial charge on any atom is -0.463 e. The first-order valence-electron chi connectivity index (χ1n) is 6.34. The summed E-state index contributed by atoms with van der Waals surface area (Å²) in [4.78, 5) is 22.7. The van der Waals surface area contributed by atoms with Crippen LogP contribution in [0.5, 0.6) is 0 Å². The van der Waals surface area contributed by atoms with E-state index in [2.05, 4.69) is 5.32 Å². The Morgan fingerprint density at radius 3 is 2.83 bits per heavy atom. The van der Waals surface area contributed by atoms with Crippen LogP contribution in [-0.2, 0) is 14.3 Å². The average molecular weight is 255 g/mol. The second-order valence-corrected chi connectivity index (χ2v) is 4.59. The van der Waals surface area contributed by atoms with Crippen molar-refractivity contribution in [2.24, 2.45) is 0 Å². The number of amides is 1. The number of ether oxygens (including phenoxy) is 2. The van der Waals surface area contributed by atoms with Crippen LogP contribution in [0.25, 0.3) is 0 Å². The van der Waals surface area contributed by atoms with Gasteiger partial charge in [-0.1, -0.05) is 5.57 Å². The van der Waals surface area contributed by atoms with Gasteiger partial charge in [0, 0.05) is 12.1 Å². The van der Waals surface area contributed by atoms with Crippen LogP contribution in [0.15, 0.2) is 11.6 Å². The lowest BCUT2D eigenvalue weighted by molar-refractivity contribution is -0.137. The van der Waals surface area contributed by atoms with Crippen LogP contribution >= 0.6 is 0 Å². The first-order chi connectivity index (χ1) is 8.51. The van der Waals surface area contributed by atoms with Crippen LogP contribution in [-0.4, -0.2) is 30.8 Å². The van der Waals surface area contributed by atoms with Crippen molar-refractivity contribution in [3.8, 4) is 0 Å². The molecule has 0 aromatic heterocycles. The van der Waals surface area contributed by atoms with E-state index in [-0.39, 0.29) is 18.1 Å². The molecule has 1 rings (SSSR count). The molecule has 1 aliphatic rings. The van der Waals surface area contributed by atoms with Gasteiger partial charge in [-0.2, -0.15) is 0 Å². The van der Waals surface area contributed by atoms with Gasteiger partial charge in [0.15, 0.2) is 0 Å². The fourth-order valence-electron chi connectivity index (χ4n) is 1.90. The van der Waals surface area contributed by atoms with E-state index in [1.165, 1.54) is 6.08 Å². The monoisotopic (exact) mass is 255 g/mol. The summed E-state index contributed by atoms with van der Waals surface area (Å²) in [6.07, 6.45) is 3.34. The summed E-state index contributed by atoms with van der Waals surface area (Å²) in [5.74, 6) is -0.307. The zero-order valence-electron chi connectivity index (χ0n) is 11.2. The summed E-state index contributed by atoms with van der Waals surface area (Å²) < 4.78 is 9.85. The quantitative estimate of drug-likeness (QED) is 0.617. The minimum atomic E-state index is -0.396. The zero-order chi connectivity index (χ0) is 13.5. The van der Waals surface area contributed by atoms with Crippen LogP contribution in [0, 0.1) is 0 Å². The van der Waals surface area contributed by atoms with Gasteiger partial charge in [-0.05, 0) is 40.0 Å². The second kappa shape index (κ2) is 7.03. The van der Waals surface area contributed by atoms with Crippen molar-refractivity contribution in [1.82, 2.24) is 5.32 Å². The SMILES string of the molecule is CCOC(=O)/C=C1/CCC(NC(=O)OC(C)C)C1. The molecule has 1 atom stereocenters. The third-order valence-corrected chi connectivity index (χ3v) is 2.60. The van der Waals surface area contributed by atoms with Crippen molar-refractivity contribution in [2.75, 3.05) is 6.61 Å². The molecule has 0 aliphatic heterocycles. The Labute approximate surface area is 108 Å². The van der Waals surface area contributed by atoms with Gasteiger partial charge >= 0.3 is 12.1 Å². The third-order valence-electron chi connectivity index (χ3n) is 2.60. The Morgan fingerprint density at radius 1 is 1.50 bits per heavy atom. The van der Waals surface area contributed by atoms with Gasteiger partial charge in [0.05, 0.1) is 12.7 Å². The molecule has 0 heterocycles. The number of hydrogen-bond acceptors (Lipinski definition) is 4. The molecule has 0 aromatic carbocycles. The molecule has 1 aliphatic carbocycles. The van der Waals surface area contributed by atoms with Gasteiger partial charge in [-0.3, -0.25) is 0 Å². The number of rotatable bonds is 4. The molecule has 102 valence electrons. The lowest BCUT2D eigenvalue weighted by Gasteiger charge is -2.13. The summed E-state index contributed by atoms with van der Waals surface area (Å²) in [7, 11) is 0. The van der Waals surface area contributed by atoms with E-state index < -0.39 is 6.09 Å². The molecular formula is C13H21NO4. The molecule has 1 fully saturated rings. The van der Waals surface area contributed by atoms with E-state index in [1.807, 2.05) is 0 Å². The smallest absolute Gasteiger partial charge is 0.407 e. The highest BCUT2D eigenvalue weighted by molar-refractivity contribution is 5.82. The number of hydrogen-bond donors (Lipinski definition) is 1. The van der Waals surface area contributed by atoms with Crippen LogP contribution in [0.1, 0.15) is 40.0 Å². The predicted molar refractivity (Wildman–Crippen MR) is 67.1 cm³/mol. The average Bonchev–Trinajstić information content (AvgIpc) is 2.64. The van der Waals surface area contributed by atoms with Crippen molar-refractivity contribution in [1.29, 1.82) is 0 Å². The number of esters is 1. The van der Waals surface area contributed by atoms with Crippen LogP contribution in [0.3, 0.4) is 0 Å².